The van der Waals surface area contributed by atoms with Gasteiger partial charge in [0.25, 0.3) is 0 Å². The van der Waals surface area contributed by atoms with Gasteiger partial charge in [-0.25, -0.2) is 8.42 Å². The smallest absolute Gasteiger partial charge is 0.183 e. The van der Waals surface area contributed by atoms with E-state index in [0.717, 1.165) is 5.56 Å². The summed E-state index contributed by atoms with van der Waals surface area (Å²) in [6.45, 7) is 0.115. The molecule has 1 aliphatic rings. The van der Waals surface area contributed by atoms with Gasteiger partial charge < -0.3 is 11.5 Å². The number of nitrogens with two attached hydrogens (primary N) is 2. The molecular formula is C16H17ClN2O2S. The lowest BCUT2D eigenvalue weighted by atomic mass is 10.1. The molecule has 0 aliphatic heterocycles. The first-order valence-electron chi connectivity index (χ1n) is 6.94. The Morgan fingerprint density at radius 3 is 2.18 bits per heavy atom. The molecule has 22 heavy (non-hydrogen) atoms. The van der Waals surface area contributed by atoms with Crippen molar-refractivity contribution in [2.75, 3.05) is 6.54 Å². The number of benzene rings is 2. The summed E-state index contributed by atoms with van der Waals surface area (Å²) in [5.41, 5.74) is 12.0. The van der Waals surface area contributed by atoms with E-state index in [1.165, 1.54) is 12.1 Å². The molecule has 0 aromatic heterocycles. The second-order valence-electron chi connectivity index (χ2n) is 5.62. The van der Waals surface area contributed by atoms with Crippen LogP contribution in [0, 0.1) is 0 Å². The molecule has 0 spiro atoms. The maximum Gasteiger partial charge on any atom is 0.183 e. The fraction of sp³-hybridized carbons (Fsp3) is 0.250. The van der Waals surface area contributed by atoms with Gasteiger partial charge in [0.2, 0.25) is 0 Å². The lowest BCUT2D eigenvalue weighted by Crippen LogP contribution is -2.39. The second kappa shape index (κ2) is 5.35. The van der Waals surface area contributed by atoms with E-state index in [1.807, 2.05) is 30.3 Å². The lowest BCUT2D eigenvalue weighted by Gasteiger charge is -2.09. The zero-order valence-electron chi connectivity index (χ0n) is 11.8. The number of hydrogen-bond acceptors (Lipinski definition) is 4. The quantitative estimate of drug-likeness (QED) is 0.893. The summed E-state index contributed by atoms with van der Waals surface area (Å²) < 4.78 is 25.8. The summed E-state index contributed by atoms with van der Waals surface area (Å²) in [5.74, 6) is -0.292. The Kier molecular flexibility index (Phi) is 3.77. The highest BCUT2D eigenvalue weighted by Gasteiger charge is 2.68. The van der Waals surface area contributed by atoms with E-state index >= 15 is 0 Å². The Hall–Kier alpha value is -1.40. The maximum absolute atomic E-state index is 12.9. The van der Waals surface area contributed by atoms with Crippen LogP contribution in [0.25, 0.3) is 0 Å². The predicted molar refractivity (Wildman–Crippen MR) is 87.6 cm³/mol. The first kappa shape index (κ1) is 15.5. The molecule has 0 saturated heterocycles. The van der Waals surface area contributed by atoms with Crippen LogP contribution < -0.4 is 11.5 Å². The van der Waals surface area contributed by atoms with Crippen LogP contribution in [0.2, 0.25) is 5.02 Å². The van der Waals surface area contributed by atoms with Crippen LogP contribution >= 0.6 is 11.6 Å². The monoisotopic (exact) mass is 336 g/mol. The van der Waals surface area contributed by atoms with Crippen LogP contribution in [0.3, 0.4) is 0 Å². The van der Waals surface area contributed by atoms with Gasteiger partial charge in [-0.3, -0.25) is 0 Å². The van der Waals surface area contributed by atoms with E-state index in [2.05, 4.69) is 0 Å². The molecule has 1 fully saturated rings. The number of hydrogen-bond donors (Lipinski definition) is 2. The highest BCUT2D eigenvalue weighted by Crippen LogP contribution is 2.55. The topological polar surface area (TPSA) is 86.2 Å². The molecule has 2 aromatic carbocycles. The molecule has 3 rings (SSSR count). The van der Waals surface area contributed by atoms with E-state index < -0.39 is 20.6 Å². The Morgan fingerprint density at radius 2 is 1.64 bits per heavy atom. The zero-order chi connectivity index (χ0) is 16.0. The molecule has 6 heteroatoms. The summed E-state index contributed by atoms with van der Waals surface area (Å²) in [6.07, 6.45) is 0. The van der Waals surface area contributed by atoms with Crippen molar-refractivity contribution in [1.29, 1.82) is 0 Å². The SMILES string of the molecule is NC[C@]1(N)[C@@H](c2ccccc2)[C@@H]1S(=O)(=O)c1ccc(Cl)cc1. The standard InChI is InChI=1S/C16H17ClN2O2S/c17-12-6-8-13(9-7-12)22(20,21)15-14(16(15,19)10-18)11-4-2-1-3-5-11/h1-9,14-15H,10,18-19H2/t14-,15-,16-/m0/s1. The highest BCUT2D eigenvalue weighted by atomic mass is 35.5. The first-order chi connectivity index (χ1) is 10.4. The highest BCUT2D eigenvalue weighted by molar-refractivity contribution is 7.92. The summed E-state index contributed by atoms with van der Waals surface area (Å²) >= 11 is 5.83. The van der Waals surface area contributed by atoms with Crippen molar-refractivity contribution < 1.29 is 8.42 Å². The molecule has 4 N–H and O–H groups in total. The molecule has 116 valence electrons. The summed E-state index contributed by atoms with van der Waals surface area (Å²) in [4.78, 5) is 0.226. The van der Waals surface area contributed by atoms with Crippen LogP contribution in [0.5, 0.6) is 0 Å². The molecule has 0 bridgehead atoms. The van der Waals surface area contributed by atoms with Crippen LogP contribution in [0.1, 0.15) is 11.5 Å². The minimum absolute atomic E-state index is 0.115. The summed E-state index contributed by atoms with van der Waals surface area (Å²) in [7, 11) is -3.56. The third kappa shape index (κ3) is 2.34. The van der Waals surface area contributed by atoms with Crippen LogP contribution in [0.15, 0.2) is 59.5 Å². The van der Waals surface area contributed by atoms with Gasteiger partial charge >= 0.3 is 0 Å². The van der Waals surface area contributed by atoms with Gasteiger partial charge in [0.05, 0.1) is 15.7 Å². The summed E-state index contributed by atoms with van der Waals surface area (Å²) in [5, 5.41) is -0.222. The minimum atomic E-state index is -3.56. The van der Waals surface area contributed by atoms with Crippen molar-refractivity contribution in [1.82, 2.24) is 0 Å². The van der Waals surface area contributed by atoms with E-state index in [9.17, 15) is 8.42 Å². The normalized spacial score (nSPS) is 27.6. The molecular weight excluding hydrogens is 320 g/mol. The molecule has 3 atom stereocenters. The number of rotatable bonds is 4. The van der Waals surface area contributed by atoms with Crippen LogP contribution in [-0.4, -0.2) is 25.8 Å². The predicted octanol–water partition coefficient (Wildman–Crippen LogP) is 1.94. The van der Waals surface area contributed by atoms with Crippen molar-refractivity contribution in [3.05, 3.63) is 65.2 Å². The van der Waals surface area contributed by atoms with Crippen molar-refractivity contribution in [3.8, 4) is 0 Å². The van der Waals surface area contributed by atoms with E-state index in [-0.39, 0.29) is 17.4 Å². The third-order valence-electron chi connectivity index (χ3n) is 4.29. The number of sulfone groups is 1. The van der Waals surface area contributed by atoms with Crippen molar-refractivity contribution in [2.45, 2.75) is 21.6 Å². The van der Waals surface area contributed by atoms with Crippen molar-refractivity contribution in [2.24, 2.45) is 11.5 Å². The van der Waals surface area contributed by atoms with Gasteiger partial charge in [0.15, 0.2) is 9.84 Å². The first-order valence-corrected chi connectivity index (χ1v) is 8.87. The number of halogens is 1. The zero-order valence-corrected chi connectivity index (χ0v) is 13.4. The molecule has 0 amide bonds. The average molecular weight is 337 g/mol. The largest absolute Gasteiger partial charge is 0.329 e. The third-order valence-corrected chi connectivity index (χ3v) is 6.85. The van der Waals surface area contributed by atoms with E-state index in [4.69, 9.17) is 23.1 Å². The maximum atomic E-state index is 12.9. The lowest BCUT2D eigenvalue weighted by molar-refractivity contribution is 0.586. The van der Waals surface area contributed by atoms with Gasteiger partial charge in [-0.05, 0) is 29.8 Å². The van der Waals surface area contributed by atoms with E-state index in [0.29, 0.717) is 5.02 Å². The van der Waals surface area contributed by atoms with Gasteiger partial charge in [-0.15, -0.1) is 0 Å². The van der Waals surface area contributed by atoms with E-state index in [1.54, 1.807) is 12.1 Å². The van der Waals surface area contributed by atoms with Crippen LogP contribution in [-0.2, 0) is 9.84 Å². The Morgan fingerprint density at radius 1 is 1.05 bits per heavy atom. The van der Waals surface area contributed by atoms with Crippen molar-refractivity contribution >= 4 is 21.4 Å². The molecule has 0 radical (unpaired) electrons. The Bertz CT molecular complexity index is 778. The van der Waals surface area contributed by atoms with Gasteiger partial charge in [0, 0.05) is 17.5 Å². The fourth-order valence-electron chi connectivity index (χ4n) is 3.05. The molecule has 0 heterocycles. The molecule has 1 saturated carbocycles. The Balaban J connectivity index is 2.01. The summed E-state index contributed by atoms with van der Waals surface area (Å²) in [6, 6.07) is 15.6. The van der Waals surface area contributed by atoms with Crippen molar-refractivity contribution in [3.63, 3.8) is 0 Å². The van der Waals surface area contributed by atoms with Gasteiger partial charge in [-0.1, -0.05) is 41.9 Å². The van der Waals surface area contributed by atoms with Gasteiger partial charge in [-0.2, -0.15) is 0 Å². The average Bonchev–Trinajstić information content (AvgIpc) is 3.16. The Labute approximate surface area is 135 Å². The van der Waals surface area contributed by atoms with Gasteiger partial charge in [0.1, 0.15) is 0 Å². The second-order valence-corrected chi connectivity index (χ2v) is 8.13. The minimum Gasteiger partial charge on any atom is -0.329 e. The molecule has 4 nitrogen and oxygen atoms in total. The van der Waals surface area contributed by atoms with Crippen LogP contribution in [0.4, 0.5) is 0 Å². The molecule has 2 aromatic rings. The fourth-order valence-corrected chi connectivity index (χ4v) is 5.50. The molecule has 1 aliphatic carbocycles. The molecule has 0 unspecified atom stereocenters.